The molecular weight excluding hydrogens is 390 g/mol. The number of aromatic nitrogens is 2. The average Bonchev–Trinajstić information content (AvgIpc) is 2.81. The van der Waals surface area contributed by atoms with E-state index in [1.807, 2.05) is 50.2 Å². The minimum atomic E-state index is -0.226. The van der Waals surface area contributed by atoms with Crippen LogP contribution in [0.4, 0.5) is 5.69 Å². The molecule has 1 amide bonds. The van der Waals surface area contributed by atoms with Crippen molar-refractivity contribution < 1.29 is 14.3 Å². The molecule has 2 heterocycles. The largest absolute Gasteiger partial charge is 0.490 e. The van der Waals surface area contributed by atoms with Gasteiger partial charge in [-0.15, -0.1) is 0 Å². The maximum absolute atomic E-state index is 13.0. The zero-order valence-corrected chi connectivity index (χ0v) is 17.5. The van der Waals surface area contributed by atoms with Crippen LogP contribution in [0.1, 0.15) is 28.4 Å². The van der Waals surface area contributed by atoms with Crippen molar-refractivity contribution in [1.29, 1.82) is 0 Å². The van der Waals surface area contributed by atoms with Gasteiger partial charge < -0.3 is 14.8 Å². The lowest BCUT2D eigenvalue weighted by Crippen LogP contribution is -2.13. The fraction of sp³-hybridized carbons (Fsp3) is 0.160. The van der Waals surface area contributed by atoms with Crippen LogP contribution >= 0.6 is 0 Å². The summed E-state index contributed by atoms with van der Waals surface area (Å²) >= 11 is 0. The van der Waals surface area contributed by atoms with Crippen molar-refractivity contribution in [1.82, 2.24) is 9.97 Å². The second kappa shape index (κ2) is 9.26. The second-order valence-electron chi connectivity index (χ2n) is 7.02. The van der Waals surface area contributed by atoms with Crippen molar-refractivity contribution in [2.24, 2.45) is 0 Å². The van der Waals surface area contributed by atoms with Gasteiger partial charge in [-0.1, -0.05) is 6.07 Å². The summed E-state index contributed by atoms with van der Waals surface area (Å²) < 4.78 is 11.6. The van der Waals surface area contributed by atoms with Crippen molar-refractivity contribution in [3.05, 3.63) is 89.9 Å². The van der Waals surface area contributed by atoms with Gasteiger partial charge in [-0.3, -0.25) is 14.8 Å². The minimum Gasteiger partial charge on any atom is -0.490 e. The zero-order chi connectivity index (χ0) is 21.6. The molecule has 2 aromatic heterocycles. The number of benzene rings is 2. The highest BCUT2D eigenvalue weighted by Crippen LogP contribution is 2.30. The Morgan fingerprint density at radius 1 is 0.968 bits per heavy atom. The van der Waals surface area contributed by atoms with Crippen LogP contribution in [0, 0.1) is 6.92 Å². The van der Waals surface area contributed by atoms with Crippen molar-refractivity contribution in [2.75, 3.05) is 11.9 Å². The number of carbonyl (C=O) groups is 1. The second-order valence-corrected chi connectivity index (χ2v) is 7.02. The molecule has 4 rings (SSSR count). The predicted octanol–water partition coefficient (Wildman–Crippen LogP) is 5.17. The third kappa shape index (κ3) is 4.64. The van der Waals surface area contributed by atoms with Gasteiger partial charge in [0.2, 0.25) is 0 Å². The molecule has 4 aromatic rings. The van der Waals surface area contributed by atoms with Gasteiger partial charge in [0.1, 0.15) is 6.61 Å². The lowest BCUT2D eigenvalue weighted by molar-refractivity contribution is 0.102. The topological polar surface area (TPSA) is 73.3 Å². The minimum absolute atomic E-state index is 0.226. The van der Waals surface area contributed by atoms with E-state index in [-0.39, 0.29) is 5.91 Å². The van der Waals surface area contributed by atoms with Gasteiger partial charge in [0.15, 0.2) is 11.5 Å². The van der Waals surface area contributed by atoms with Crippen molar-refractivity contribution in [2.45, 2.75) is 20.5 Å². The van der Waals surface area contributed by atoms with Crippen molar-refractivity contribution in [3.63, 3.8) is 0 Å². The SMILES string of the molecule is CCOc1cc(C(=O)Nc2ccc(C)c3ncccc23)ccc1OCc1ccncc1. The molecule has 0 aliphatic rings. The molecule has 0 atom stereocenters. The smallest absolute Gasteiger partial charge is 0.255 e. The number of rotatable bonds is 7. The van der Waals surface area contributed by atoms with Crippen LogP contribution < -0.4 is 14.8 Å². The van der Waals surface area contributed by atoms with Crippen LogP contribution in [0.5, 0.6) is 11.5 Å². The van der Waals surface area contributed by atoms with Crippen LogP contribution in [0.25, 0.3) is 10.9 Å². The van der Waals surface area contributed by atoms with E-state index in [9.17, 15) is 4.79 Å². The van der Waals surface area contributed by atoms with E-state index >= 15 is 0 Å². The summed E-state index contributed by atoms with van der Waals surface area (Å²) in [6.45, 7) is 4.74. The molecule has 6 heteroatoms. The van der Waals surface area contributed by atoms with E-state index in [1.165, 1.54) is 0 Å². The number of nitrogens with zero attached hydrogens (tertiary/aromatic N) is 2. The number of nitrogens with one attached hydrogen (secondary N) is 1. The van der Waals surface area contributed by atoms with Crippen molar-refractivity contribution in [3.8, 4) is 11.5 Å². The van der Waals surface area contributed by atoms with E-state index in [2.05, 4.69) is 15.3 Å². The third-order valence-electron chi connectivity index (χ3n) is 4.87. The highest BCUT2D eigenvalue weighted by Gasteiger charge is 2.14. The average molecular weight is 413 g/mol. The molecule has 0 radical (unpaired) electrons. The quantitative estimate of drug-likeness (QED) is 0.453. The predicted molar refractivity (Wildman–Crippen MR) is 121 cm³/mol. The maximum atomic E-state index is 13.0. The van der Waals surface area contributed by atoms with E-state index in [0.717, 1.165) is 27.7 Å². The van der Waals surface area contributed by atoms with Crippen LogP contribution in [0.2, 0.25) is 0 Å². The Kier molecular flexibility index (Phi) is 6.08. The summed E-state index contributed by atoms with van der Waals surface area (Å²) in [6.07, 6.45) is 5.19. The summed E-state index contributed by atoms with van der Waals surface area (Å²) in [4.78, 5) is 21.4. The number of ether oxygens (including phenoxy) is 2. The normalized spacial score (nSPS) is 10.6. The van der Waals surface area contributed by atoms with Gasteiger partial charge >= 0.3 is 0 Å². The summed E-state index contributed by atoms with van der Waals surface area (Å²) in [7, 11) is 0. The Morgan fingerprint density at radius 2 is 1.81 bits per heavy atom. The van der Waals surface area contributed by atoms with E-state index < -0.39 is 0 Å². The number of hydrogen-bond donors (Lipinski definition) is 1. The summed E-state index contributed by atoms with van der Waals surface area (Å²) in [6, 6.07) is 16.6. The molecule has 1 N–H and O–H groups in total. The molecule has 0 spiro atoms. The number of carbonyl (C=O) groups excluding carboxylic acids is 1. The van der Waals surface area contributed by atoms with Crippen molar-refractivity contribution >= 4 is 22.5 Å². The number of pyridine rings is 2. The monoisotopic (exact) mass is 413 g/mol. The highest BCUT2D eigenvalue weighted by molar-refractivity contribution is 6.09. The van der Waals surface area contributed by atoms with Crippen LogP contribution in [0.15, 0.2) is 73.2 Å². The van der Waals surface area contributed by atoms with Gasteiger partial charge in [-0.25, -0.2) is 0 Å². The molecule has 0 aliphatic heterocycles. The van der Waals surface area contributed by atoms with Gasteiger partial charge in [0, 0.05) is 29.5 Å². The Bertz CT molecular complexity index is 1210. The van der Waals surface area contributed by atoms with E-state index in [0.29, 0.717) is 30.3 Å². The molecule has 6 nitrogen and oxygen atoms in total. The Labute approximate surface area is 180 Å². The summed E-state index contributed by atoms with van der Waals surface area (Å²) in [5.41, 5.74) is 4.13. The zero-order valence-electron chi connectivity index (χ0n) is 17.5. The first-order chi connectivity index (χ1) is 15.2. The molecular formula is C25H23N3O3. The fourth-order valence-electron chi connectivity index (χ4n) is 3.29. The molecule has 0 bridgehead atoms. The molecule has 0 saturated carbocycles. The molecule has 2 aromatic carbocycles. The van der Waals surface area contributed by atoms with E-state index in [1.54, 1.807) is 36.8 Å². The molecule has 0 unspecified atom stereocenters. The van der Waals surface area contributed by atoms with Crippen LogP contribution in [0.3, 0.4) is 0 Å². The molecule has 0 fully saturated rings. The van der Waals surface area contributed by atoms with Gasteiger partial charge in [0.05, 0.1) is 17.8 Å². The Hall–Kier alpha value is -3.93. The fourth-order valence-corrected chi connectivity index (χ4v) is 3.29. The molecule has 31 heavy (non-hydrogen) atoms. The number of hydrogen-bond acceptors (Lipinski definition) is 5. The standard InChI is InChI=1S/C25H23N3O3/c1-3-30-23-15-19(7-9-22(23)31-16-18-10-13-26-14-11-18)25(29)28-21-8-6-17(2)24-20(21)5-4-12-27-24/h4-15H,3,16H2,1-2H3,(H,28,29). The number of fused-ring (bicyclic) bond motifs is 1. The Balaban J connectivity index is 1.56. The van der Waals surface area contributed by atoms with Gasteiger partial charge in [-0.05, 0) is 73.5 Å². The summed E-state index contributed by atoms with van der Waals surface area (Å²) in [5, 5.41) is 3.89. The Morgan fingerprint density at radius 3 is 2.61 bits per heavy atom. The van der Waals surface area contributed by atoms with Gasteiger partial charge in [0.25, 0.3) is 5.91 Å². The first-order valence-corrected chi connectivity index (χ1v) is 10.1. The lowest BCUT2D eigenvalue weighted by atomic mass is 10.1. The van der Waals surface area contributed by atoms with E-state index in [4.69, 9.17) is 9.47 Å². The highest BCUT2D eigenvalue weighted by atomic mass is 16.5. The molecule has 156 valence electrons. The van der Waals surface area contributed by atoms with Crippen LogP contribution in [-0.4, -0.2) is 22.5 Å². The maximum Gasteiger partial charge on any atom is 0.255 e. The number of anilines is 1. The first kappa shape index (κ1) is 20.3. The third-order valence-corrected chi connectivity index (χ3v) is 4.87. The number of amides is 1. The van der Waals surface area contributed by atoms with Crippen LogP contribution in [-0.2, 0) is 6.61 Å². The summed E-state index contributed by atoms with van der Waals surface area (Å²) in [5.74, 6) is 0.885. The molecule has 0 saturated heterocycles. The molecule has 0 aliphatic carbocycles. The first-order valence-electron chi connectivity index (χ1n) is 10.1. The number of aryl methyl sites for hydroxylation is 1. The lowest BCUT2D eigenvalue weighted by Gasteiger charge is -2.14. The van der Waals surface area contributed by atoms with Gasteiger partial charge in [-0.2, -0.15) is 0 Å².